The van der Waals surface area contributed by atoms with Crippen molar-refractivity contribution < 1.29 is 14.7 Å². The lowest BCUT2D eigenvalue weighted by Gasteiger charge is -2.07. The molecule has 0 saturated carbocycles. The van der Waals surface area contributed by atoms with Crippen molar-refractivity contribution in [2.45, 2.75) is 6.54 Å². The topological polar surface area (TPSA) is 92.4 Å². The van der Waals surface area contributed by atoms with Crippen molar-refractivity contribution in [3.63, 3.8) is 0 Å². The Kier molecular flexibility index (Phi) is 4.47. The van der Waals surface area contributed by atoms with Crippen LogP contribution in [0, 0.1) is 6.42 Å². The van der Waals surface area contributed by atoms with Gasteiger partial charge in [0.15, 0.2) is 0 Å². The van der Waals surface area contributed by atoms with Crippen molar-refractivity contribution in [3.05, 3.63) is 41.8 Å². The molecule has 0 bridgehead atoms. The first-order valence-electron chi connectivity index (χ1n) is 4.74. The van der Waals surface area contributed by atoms with E-state index in [9.17, 15) is 9.59 Å². The van der Waals surface area contributed by atoms with Crippen molar-refractivity contribution in [1.29, 1.82) is 0 Å². The number of carbonyl (C=O) groups excluding carboxylic acids is 2. The van der Waals surface area contributed by atoms with Gasteiger partial charge in [0, 0.05) is 12.1 Å². The molecule has 5 nitrogen and oxygen atoms in total. The van der Waals surface area contributed by atoms with Gasteiger partial charge in [0.2, 0.25) is 11.8 Å². The number of primary amides is 1. The summed E-state index contributed by atoms with van der Waals surface area (Å²) in [5.41, 5.74) is 6.21. The predicted octanol–water partition coefficient (Wildman–Crippen LogP) is -0.402. The predicted molar refractivity (Wildman–Crippen MR) is 58.2 cm³/mol. The maximum absolute atomic E-state index is 11.1. The van der Waals surface area contributed by atoms with Gasteiger partial charge in [-0.2, -0.15) is 0 Å². The molecule has 0 aliphatic rings. The van der Waals surface area contributed by atoms with E-state index < -0.39 is 5.91 Å². The number of nitrogens with one attached hydrogen (secondary N) is 1. The molecule has 1 aromatic carbocycles. The van der Waals surface area contributed by atoms with Gasteiger partial charge in [0.1, 0.15) is 0 Å². The van der Waals surface area contributed by atoms with Crippen LogP contribution in [0.3, 0.4) is 0 Å². The van der Waals surface area contributed by atoms with Gasteiger partial charge in [-0.05, 0) is 11.6 Å². The van der Waals surface area contributed by atoms with Crippen LogP contribution >= 0.6 is 0 Å². The first kappa shape index (κ1) is 12.2. The van der Waals surface area contributed by atoms with E-state index in [1.807, 2.05) is 0 Å². The summed E-state index contributed by atoms with van der Waals surface area (Å²) in [7, 11) is 0. The van der Waals surface area contributed by atoms with E-state index >= 15 is 0 Å². The minimum atomic E-state index is -0.531. The molecule has 5 heteroatoms. The molecule has 0 fully saturated rings. The van der Waals surface area contributed by atoms with Gasteiger partial charge in [0.05, 0.1) is 13.0 Å². The monoisotopic (exact) mass is 221 g/mol. The Bertz CT molecular complexity index is 391. The van der Waals surface area contributed by atoms with Gasteiger partial charge in [-0.1, -0.05) is 18.2 Å². The Hall–Kier alpha value is -1.88. The highest BCUT2D eigenvalue weighted by atomic mass is 16.3. The molecular formula is C11H13N2O3. The van der Waals surface area contributed by atoms with E-state index in [1.54, 1.807) is 24.3 Å². The average Bonchev–Trinajstić information content (AvgIpc) is 2.27. The molecule has 1 aromatic rings. The highest BCUT2D eigenvalue weighted by molar-refractivity contribution is 5.94. The lowest BCUT2D eigenvalue weighted by Crippen LogP contribution is -2.25. The quantitative estimate of drug-likeness (QED) is 0.631. The average molecular weight is 221 g/mol. The van der Waals surface area contributed by atoms with Crippen LogP contribution in [-0.4, -0.2) is 23.5 Å². The smallest absolute Gasteiger partial charge is 0.249 e. The second-order valence-electron chi connectivity index (χ2n) is 3.13. The summed E-state index contributed by atoms with van der Waals surface area (Å²) in [5.74, 6) is -0.919. The van der Waals surface area contributed by atoms with E-state index in [-0.39, 0.29) is 19.1 Å². The van der Waals surface area contributed by atoms with Crippen molar-refractivity contribution in [1.82, 2.24) is 5.32 Å². The SMILES string of the molecule is NC(=O)c1ccccc1CNC(=O)[CH]CO. The summed E-state index contributed by atoms with van der Waals surface area (Å²) in [6, 6.07) is 6.76. The number of benzene rings is 1. The normalized spacial score (nSPS) is 9.81. The minimum Gasteiger partial charge on any atom is -0.396 e. The fraction of sp³-hybridized carbons (Fsp3) is 0.182. The molecule has 0 aliphatic carbocycles. The molecule has 16 heavy (non-hydrogen) atoms. The number of carbonyl (C=O) groups is 2. The first-order chi connectivity index (χ1) is 7.65. The largest absolute Gasteiger partial charge is 0.396 e. The van der Waals surface area contributed by atoms with Crippen LogP contribution in [0.4, 0.5) is 0 Å². The van der Waals surface area contributed by atoms with Gasteiger partial charge in [-0.25, -0.2) is 0 Å². The second kappa shape index (κ2) is 5.87. The molecule has 0 atom stereocenters. The van der Waals surface area contributed by atoms with Crippen molar-refractivity contribution in [2.75, 3.05) is 6.61 Å². The maximum atomic E-state index is 11.1. The summed E-state index contributed by atoms with van der Waals surface area (Å²) in [6.45, 7) is -0.113. The zero-order valence-corrected chi connectivity index (χ0v) is 8.64. The van der Waals surface area contributed by atoms with E-state index in [2.05, 4.69) is 5.32 Å². The lowest BCUT2D eigenvalue weighted by molar-refractivity contribution is -0.118. The van der Waals surface area contributed by atoms with Gasteiger partial charge < -0.3 is 16.2 Å². The molecular weight excluding hydrogens is 208 g/mol. The number of amides is 2. The third kappa shape index (κ3) is 3.36. The Morgan fingerprint density at radius 2 is 2.06 bits per heavy atom. The van der Waals surface area contributed by atoms with Gasteiger partial charge >= 0.3 is 0 Å². The zero-order chi connectivity index (χ0) is 12.0. The molecule has 0 spiro atoms. The van der Waals surface area contributed by atoms with E-state index in [0.29, 0.717) is 11.1 Å². The number of rotatable bonds is 5. The zero-order valence-electron chi connectivity index (χ0n) is 8.64. The summed E-state index contributed by atoms with van der Waals surface area (Å²) in [5, 5.41) is 11.0. The van der Waals surface area contributed by atoms with Crippen molar-refractivity contribution in [2.24, 2.45) is 5.73 Å². The third-order valence-electron chi connectivity index (χ3n) is 2.01. The summed E-state index contributed by atoms with van der Waals surface area (Å²) in [6.07, 6.45) is 1.10. The highest BCUT2D eigenvalue weighted by Crippen LogP contribution is 2.07. The minimum absolute atomic E-state index is 0.203. The van der Waals surface area contributed by atoms with Crippen LogP contribution in [0.25, 0.3) is 0 Å². The number of aliphatic hydroxyl groups is 1. The van der Waals surface area contributed by atoms with Crippen molar-refractivity contribution in [3.8, 4) is 0 Å². The van der Waals surface area contributed by atoms with Crippen LogP contribution < -0.4 is 11.1 Å². The van der Waals surface area contributed by atoms with E-state index in [1.165, 1.54) is 0 Å². The lowest BCUT2D eigenvalue weighted by atomic mass is 10.1. The molecule has 85 valence electrons. The Balaban J connectivity index is 2.66. The summed E-state index contributed by atoms with van der Waals surface area (Å²) in [4.78, 5) is 22.1. The highest BCUT2D eigenvalue weighted by Gasteiger charge is 2.07. The number of nitrogens with two attached hydrogens (primary N) is 1. The molecule has 0 aliphatic heterocycles. The van der Waals surface area contributed by atoms with Crippen LogP contribution in [0.5, 0.6) is 0 Å². The molecule has 4 N–H and O–H groups in total. The number of aliphatic hydroxyl groups excluding tert-OH is 1. The summed E-state index contributed by atoms with van der Waals surface area (Å²) >= 11 is 0. The maximum Gasteiger partial charge on any atom is 0.249 e. The molecule has 0 aromatic heterocycles. The number of hydrogen-bond acceptors (Lipinski definition) is 3. The van der Waals surface area contributed by atoms with Gasteiger partial charge in [0.25, 0.3) is 0 Å². The Morgan fingerprint density at radius 1 is 1.38 bits per heavy atom. The second-order valence-corrected chi connectivity index (χ2v) is 3.13. The number of hydrogen-bond donors (Lipinski definition) is 3. The van der Waals surface area contributed by atoms with Gasteiger partial charge in [-0.15, -0.1) is 0 Å². The molecule has 2 amide bonds. The first-order valence-corrected chi connectivity index (χ1v) is 4.74. The van der Waals surface area contributed by atoms with Crippen LogP contribution in [0.15, 0.2) is 24.3 Å². The Labute approximate surface area is 93.3 Å². The van der Waals surface area contributed by atoms with E-state index in [4.69, 9.17) is 10.8 Å². The molecule has 0 saturated heterocycles. The van der Waals surface area contributed by atoms with E-state index in [0.717, 1.165) is 6.42 Å². The van der Waals surface area contributed by atoms with Crippen LogP contribution in [0.2, 0.25) is 0 Å². The summed E-state index contributed by atoms with van der Waals surface area (Å²) < 4.78 is 0. The molecule has 1 radical (unpaired) electrons. The fourth-order valence-electron chi connectivity index (χ4n) is 1.25. The third-order valence-corrected chi connectivity index (χ3v) is 2.01. The van der Waals surface area contributed by atoms with Gasteiger partial charge in [-0.3, -0.25) is 9.59 Å². The standard InChI is InChI=1S/C11H13N2O3/c12-11(16)9-4-2-1-3-8(9)7-13-10(15)5-6-14/h1-5,14H,6-7H2,(H2,12,16)(H,13,15). The van der Waals surface area contributed by atoms with Crippen LogP contribution in [-0.2, 0) is 11.3 Å². The fourth-order valence-corrected chi connectivity index (χ4v) is 1.25. The molecule has 0 heterocycles. The molecule has 1 rings (SSSR count). The molecule has 0 unspecified atom stereocenters. The Morgan fingerprint density at radius 3 is 2.69 bits per heavy atom. The van der Waals surface area contributed by atoms with Crippen LogP contribution in [0.1, 0.15) is 15.9 Å². The van der Waals surface area contributed by atoms with Crippen molar-refractivity contribution >= 4 is 11.8 Å².